The summed E-state index contributed by atoms with van der Waals surface area (Å²) >= 11 is 0. The van der Waals surface area contributed by atoms with E-state index < -0.39 is 4.92 Å². The predicted octanol–water partition coefficient (Wildman–Crippen LogP) is 3.83. The molecule has 0 saturated carbocycles. The lowest BCUT2D eigenvalue weighted by Gasteiger charge is -2.35. The molecule has 1 saturated heterocycles. The fourth-order valence-electron chi connectivity index (χ4n) is 3.73. The number of anilines is 1. The maximum absolute atomic E-state index is 12.1. The zero-order chi connectivity index (χ0) is 21.7. The molecule has 0 bridgehead atoms. The number of nitro groups is 1. The van der Waals surface area contributed by atoms with Gasteiger partial charge in [-0.25, -0.2) is 4.79 Å². The third-order valence-electron chi connectivity index (χ3n) is 5.03. The van der Waals surface area contributed by atoms with E-state index in [9.17, 15) is 14.9 Å². The second-order valence-electron chi connectivity index (χ2n) is 7.83. The molecule has 0 aliphatic carbocycles. The number of hydrogen-bond donors (Lipinski definition) is 2. The Morgan fingerprint density at radius 2 is 1.77 bits per heavy atom. The van der Waals surface area contributed by atoms with Gasteiger partial charge < -0.3 is 15.4 Å². The zero-order valence-corrected chi connectivity index (χ0v) is 17.6. The minimum Gasteiger partial charge on any atom is -0.373 e. The molecule has 2 aromatic carbocycles. The largest absolute Gasteiger partial charge is 0.373 e. The Kier molecular flexibility index (Phi) is 7.02. The van der Waals surface area contributed by atoms with Crippen molar-refractivity contribution in [3.8, 4) is 0 Å². The van der Waals surface area contributed by atoms with Gasteiger partial charge in [0.25, 0.3) is 5.69 Å². The molecule has 1 heterocycles. The lowest BCUT2D eigenvalue weighted by atomic mass is 10.1. The van der Waals surface area contributed by atoms with Crippen LogP contribution in [-0.4, -0.2) is 41.2 Å². The van der Waals surface area contributed by atoms with Crippen molar-refractivity contribution in [3.05, 3.63) is 69.3 Å². The number of carbonyl (C=O) groups is 1. The topological polar surface area (TPSA) is 96.7 Å². The van der Waals surface area contributed by atoms with Crippen molar-refractivity contribution in [2.45, 2.75) is 46.1 Å². The smallest absolute Gasteiger partial charge is 0.319 e. The number of hydrogen-bond acceptors (Lipinski definition) is 5. The average Bonchev–Trinajstić information content (AvgIpc) is 2.66. The van der Waals surface area contributed by atoms with Gasteiger partial charge in [0.15, 0.2) is 0 Å². The molecule has 8 heteroatoms. The van der Waals surface area contributed by atoms with Gasteiger partial charge in [-0.2, -0.15) is 0 Å². The summed E-state index contributed by atoms with van der Waals surface area (Å²) in [6.45, 7) is 8.96. The number of ether oxygens (including phenoxy) is 1. The lowest BCUT2D eigenvalue weighted by molar-refractivity contribution is -0.385. The highest BCUT2D eigenvalue weighted by molar-refractivity contribution is 5.89. The number of carbonyl (C=O) groups excluding carboxylic acids is 1. The Morgan fingerprint density at radius 3 is 2.37 bits per heavy atom. The van der Waals surface area contributed by atoms with Crippen molar-refractivity contribution in [2.75, 3.05) is 18.4 Å². The molecule has 2 amide bonds. The predicted molar refractivity (Wildman–Crippen MR) is 115 cm³/mol. The number of benzene rings is 2. The van der Waals surface area contributed by atoms with Gasteiger partial charge in [0.2, 0.25) is 0 Å². The van der Waals surface area contributed by atoms with Gasteiger partial charge in [0, 0.05) is 43.5 Å². The van der Waals surface area contributed by atoms with Crippen LogP contribution in [0, 0.1) is 17.0 Å². The van der Waals surface area contributed by atoms with Gasteiger partial charge in [-0.15, -0.1) is 0 Å². The highest BCUT2D eigenvalue weighted by Crippen LogP contribution is 2.21. The highest BCUT2D eigenvalue weighted by Gasteiger charge is 2.21. The maximum atomic E-state index is 12.1. The van der Waals surface area contributed by atoms with Crippen LogP contribution in [0.1, 0.15) is 30.5 Å². The molecule has 8 nitrogen and oxygen atoms in total. The molecule has 1 fully saturated rings. The van der Waals surface area contributed by atoms with Crippen LogP contribution in [-0.2, 0) is 17.8 Å². The summed E-state index contributed by atoms with van der Waals surface area (Å²) in [5.74, 6) is 0. The van der Waals surface area contributed by atoms with Crippen molar-refractivity contribution in [3.63, 3.8) is 0 Å². The van der Waals surface area contributed by atoms with E-state index in [-0.39, 0.29) is 23.9 Å². The SMILES string of the molecule is Cc1cc(NC(=O)NCc2ccc(CN3CC(C)OC(C)C3)cc2)ccc1[N+](=O)[O-]. The molecule has 1 aliphatic heterocycles. The van der Waals surface area contributed by atoms with Crippen LogP contribution in [0.25, 0.3) is 0 Å². The fraction of sp³-hybridized carbons (Fsp3) is 0.409. The molecule has 30 heavy (non-hydrogen) atoms. The van der Waals surface area contributed by atoms with Crippen LogP contribution in [0.3, 0.4) is 0 Å². The highest BCUT2D eigenvalue weighted by atomic mass is 16.6. The summed E-state index contributed by atoms with van der Waals surface area (Å²) in [6.07, 6.45) is 0.491. The molecule has 3 rings (SSSR count). The second kappa shape index (κ2) is 9.69. The Labute approximate surface area is 176 Å². The summed E-state index contributed by atoms with van der Waals surface area (Å²) in [4.78, 5) is 25.0. The molecule has 0 spiro atoms. The van der Waals surface area contributed by atoms with E-state index in [1.165, 1.54) is 17.7 Å². The molecule has 2 N–H and O–H groups in total. The summed E-state index contributed by atoms with van der Waals surface area (Å²) < 4.78 is 5.78. The standard InChI is InChI=1S/C22H28N4O4/c1-15-10-20(8-9-21(15)26(28)29)24-22(27)23-11-18-4-6-19(7-5-18)14-25-12-16(2)30-17(3)13-25/h4-10,16-17H,11-14H2,1-3H3,(H2,23,24,27). The van der Waals surface area contributed by atoms with Gasteiger partial charge in [-0.3, -0.25) is 15.0 Å². The van der Waals surface area contributed by atoms with Crippen molar-refractivity contribution in [1.82, 2.24) is 10.2 Å². The molecule has 2 unspecified atom stereocenters. The molecule has 1 aliphatic rings. The first-order valence-corrected chi connectivity index (χ1v) is 10.1. The van der Waals surface area contributed by atoms with Gasteiger partial charge in [0.05, 0.1) is 17.1 Å². The van der Waals surface area contributed by atoms with Crippen molar-refractivity contribution < 1.29 is 14.5 Å². The molecule has 160 valence electrons. The van der Waals surface area contributed by atoms with Gasteiger partial charge in [0.1, 0.15) is 0 Å². The Bertz CT molecular complexity index is 891. The van der Waals surface area contributed by atoms with Crippen LogP contribution < -0.4 is 10.6 Å². The van der Waals surface area contributed by atoms with Crippen molar-refractivity contribution >= 4 is 17.4 Å². The number of rotatable bonds is 6. The number of morpholine rings is 1. The van der Waals surface area contributed by atoms with Crippen LogP contribution in [0.5, 0.6) is 0 Å². The number of aryl methyl sites for hydroxylation is 1. The van der Waals surface area contributed by atoms with Crippen molar-refractivity contribution in [2.24, 2.45) is 0 Å². The number of amides is 2. The quantitative estimate of drug-likeness (QED) is 0.555. The Hall–Kier alpha value is -2.97. The summed E-state index contributed by atoms with van der Waals surface area (Å²) in [5, 5.41) is 16.4. The van der Waals surface area contributed by atoms with E-state index in [0.717, 1.165) is 25.2 Å². The zero-order valence-electron chi connectivity index (χ0n) is 17.6. The lowest BCUT2D eigenvalue weighted by Crippen LogP contribution is -2.44. The van der Waals surface area contributed by atoms with E-state index in [2.05, 4.69) is 41.5 Å². The first kappa shape index (κ1) is 21.7. The summed E-state index contributed by atoms with van der Waals surface area (Å²) in [5.41, 5.74) is 3.27. The third kappa shape index (κ3) is 6.01. The Morgan fingerprint density at radius 1 is 1.13 bits per heavy atom. The van der Waals surface area contributed by atoms with Crippen LogP contribution >= 0.6 is 0 Å². The van der Waals surface area contributed by atoms with E-state index in [4.69, 9.17) is 4.74 Å². The number of urea groups is 1. The minimum atomic E-state index is -0.441. The van der Waals surface area contributed by atoms with E-state index in [1.807, 2.05) is 12.1 Å². The molecular formula is C22H28N4O4. The number of nitro benzene ring substituents is 1. The van der Waals surface area contributed by atoms with E-state index in [1.54, 1.807) is 13.0 Å². The van der Waals surface area contributed by atoms with Crippen molar-refractivity contribution in [1.29, 1.82) is 0 Å². The number of nitrogens with zero attached hydrogens (tertiary/aromatic N) is 2. The molecule has 2 atom stereocenters. The first-order chi connectivity index (χ1) is 14.3. The first-order valence-electron chi connectivity index (χ1n) is 10.1. The molecule has 0 aromatic heterocycles. The summed E-state index contributed by atoms with van der Waals surface area (Å²) in [6, 6.07) is 12.3. The second-order valence-corrected chi connectivity index (χ2v) is 7.83. The minimum absolute atomic E-state index is 0.0297. The summed E-state index contributed by atoms with van der Waals surface area (Å²) in [7, 11) is 0. The average molecular weight is 412 g/mol. The van der Waals surface area contributed by atoms with Crippen LogP contribution in [0.4, 0.5) is 16.2 Å². The fourth-order valence-corrected chi connectivity index (χ4v) is 3.73. The number of nitrogens with one attached hydrogen (secondary N) is 2. The normalized spacial score (nSPS) is 19.3. The third-order valence-corrected chi connectivity index (χ3v) is 5.03. The Balaban J connectivity index is 1.48. The van der Waals surface area contributed by atoms with Gasteiger partial charge >= 0.3 is 6.03 Å². The molecule has 2 aromatic rings. The van der Waals surface area contributed by atoms with Gasteiger partial charge in [-0.05, 0) is 44.0 Å². The maximum Gasteiger partial charge on any atom is 0.319 e. The molecular weight excluding hydrogens is 384 g/mol. The monoisotopic (exact) mass is 412 g/mol. The van der Waals surface area contributed by atoms with Crippen LogP contribution in [0.15, 0.2) is 42.5 Å². The van der Waals surface area contributed by atoms with E-state index in [0.29, 0.717) is 17.8 Å². The van der Waals surface area contributed by atoms with E-state index >= 15 is 0 Å². The van der Waals surface area contributed by atoms with Gasteiger partial charge in [-0.1, -0.05) is 24.3 Å². The van der Waals surface area contributed by atoms with Crippen LogP contribution in [0.2, 0.25) is 0 Å². The molecule has 0 radical (unpaired) electrons.